The van der Waals surface area contributed by atoms with Crippen molar-refractivity contribution in [1.82, 2.24) is 9.97 Å². The van der Waals surface area contributed by atoms with Crippen LogP contribution in [0.15, 0.2) is 42.5 Å². The average molecular weight is 388 g/mol. The van der Waals surface area contributed by atoms with Gasteiger partial charge in [-0.25, -0.2) is 4.98 Å². The molecule has 1 aromatic heterocycles. The number of hydrogen-bond acceptors (Lipinski definition) is 1. The number of nitrogens with zero attached hydrogens (tertiary/aromatic N) is 1. The second-order valence-electron chi connectivity index (χ2n) is 4.33. The summed E-state index contributed by atoms with van der Waals surface area (Å²) >= 11 is 2.18. The van der Waals surface area contributed by atoms with E-state index >= 15 is 0 Å². The van der Waals surface area contributed by atoms with E-state index in [1.165, 1.54) is 6.07 Å². The van der Waals surface area contributed by atoms with Crippen molar-refractivity contribution in [2.75, 3.05) is 0 Å². The quantitative estimate of drug-likeness (QED) is 0.593. The number of fused-ring (bicyclic) bond motifs is 1. The molecule has 0 aliphatic heterocycles. The maximum atomic E-state index is 12.7. The largest absolute Gasteiger partial charge is 0.416 e. The lowest BCUT2D eigenvalue weighted by atomic mass is 10.2. The Labute approximate surface area is 126 Å². The molecule has 0 amide bonds. The van der Waals surface area contributed by atoms with Crippen molar-refractivity contribution >= 4 is 33.6 Å². The van der Waals surface area contributed by atoms with E-state index in [0.717, 1.165) is 21.3 Å². The Hall–Kier alpha value is -1.57. The van der Waals surface area contributed by atoms with E-state index in [4.69, 9.17) is 0 Å². The van der Waals surface area contributed by atoms with Crippen molar-refractivity contribution in [3.05, 3.63) is 51.6 Å². The third-order valence-corrected chi connectivity index (χ3v) is 3.58. The Balaban J connectivity index is 2.11. The van der Waals surface area contributed by atoms with Crippen molar-refractivity contribution in [1.29, 1.82) is 0 Å². The molecule has 0 saturated heterocycles. The number of imidazole rings is 1. The van der Waals surface area contributed by atoms with E-state index in [-0.39, 0.29) is 0 Å². The highest BCUT2D eigenvalue weighted by Gasteiger charge is 2.30. The molecule has 0 atom stereocenters. The van der Waals surface area contributed by atoms with Crippen LogP contribution in [0.5, 0.6) is 0 Å². The lowest BCUT2D eigenvalue weighted by molar-refractivity contribution is -0.137. The lowest BCUT2D eigenvalue weighted by Gasteiger charge is -2.05. The molecule has 6 heteroatoms. The SMILES string of the molecule is FC(F)(F)c1ccc2nc(-c3cccc(I)c3)[nH]c2c1. The van der Waals surface area contributed by atoms with Crippen LogP contribution in [0.25, 0.3) is 22.4 Å². The van der Waals surface area contributed by atoms with Gasteiger partial charge in [0.2, 0.25) is 0 Å². The first-order valence-electron chi connectivity index (χ1n) is 5.76. The zero-order valence-corrected chi connectivity index (χ0v) is 12.2. The summed E-state index contributed by atoms with van der Waals surface area (Å²) in [6, 6.07) is 11.1. The summed E-state index contributed by atoms with van der Waals surface area (Å²) in [5, 5.41) is 0. The topological polar surface area (TPSA) is 28.7 Å². The third-order valence-electron chi connectivity index (χ3n) is 2.91. The predicted molar refractivity (Wildman–Crippen MR) is 79.2 cm³/mol. The number of alkyl halides is 3. The van der Waals surface area contributed by atoms with Gasteiger partial charge in [0.1, 0.15) is 5.82 Å². The smallest absolute Gasteiger partial charge is 0.338 e. The van der Waals surface area contributed by atoms with Crippen LogP contribution >= 0.6 is 22.6 Å². The first kappa shape index (κ1) is 13.4. The van der Waals surface area contributed by atoms with Gasteiger partial charge in [-0.1, -0.05) is 12.1 Å². The molecule has 3 rings (SSSR count). The van der Waals surface area contributed by atoms with Crippen LogP contribution in [0.1, 0.15) is 5.56 Å². The number of H-pyrrole nitrogens is 1. The normalized spacial score (nSPS) is 12.0. The predicted octanol–water partition coefficient (Wildman–Crippen LogP) is 4.85. The summed E-state index contributed by atoms with van der Waals surface area (Å²) in [4.78, 5) is 7.26. The Kier molecular flexibility index (Phi) is 3.19. The number of nitrogens with one attached hydrogen (secondary N) is 1. The molecule has 0 aliphatic carbocycles. The van der Waals surface area contributed by atoms with Crippen LogP contribution in [0.3, 0.4) is 0 Å². The average Bonchev–Trinajstić information content (AvgIpc) is 2.80. The summed E-state index contributed by atoms with van der Waals surface area (Å²) < 4.78 is 39.0. The van der Waals surface area contributed by atoms with Gasteiger partial charge in [-0.3, -0.25) is 0 Å². The summed E-state index contributed by atoms with van der Waals surface area (Å²) in [6.07, 6.45) is -4.35. The number of hydrogen-bond donors (Lipinski definition) is 1. The molecule has 0 radical (unpaired) electrons. The Morgan fingerprint density at radius 1 is 1.05 bits per heavy atom. The molecule has 0 saturated carbocycles. The number of aromatic amines is 1. The van der Waals surface area contributed by atoms with E-state index in [9.17, 15) is 13.2 Å². The van der Waals surface area contributed by atoms with Gasteiger partial charge in [0.05, 0.1) is 16.6 Å². The van der Waals surface area contributed by atoms with Gasteiger partial charge in [-0.05, 0) is 52.9 Å². The minimum Gasteiger partial charge on any atom is -0.338 e. The molecule has 3 aromatic rings. The second-order valence-corrected chi connectivity index (χ2v) is 5.57. The molecule has 20 heavy (non-hydrogen) atoms. The van der Waals surface area contributed by atoms with Crippen molar-refractivity contribution in [2.45, 2.75) is 6.18 Å². The van der Waals surface area contributed by atoms with Gasteiger partial charge in [0.15, 0.2) is 0 Å². The summed E-state index contributed by atoms with van der Waals surface area (Å²) in [6.45, 7) is 0. The van der Waals surface area contributed by atoms with Gasteiger partial charge in [-0.2, -0.15) is 13.2 Å². The fourth-order valence-electron chi connectivity index (χ4n) is 1.96. The van der Waals surface area contributed by atoms with Crippen molar-refractivity contribution < 1.29 is 13.2 Å². The van der Waals surface area contributed by atoms with Gasteiger partial charge in [-0.15, -0.1) is 0 Å². The van der Waals surface area contributed by atoms with Gasteiger partial charge >= 0.3 is 6.18 Å². The minimum atomic E-state index is -4.35. The fourth-order valence-corrected chi connectivity index (χ4v) is 2.50. The summed E-state index contributed by atoms with van der Waals surface area (Å²) in [7, 11) is 0. The van der Waals surface area contributed by atoms with Crippen molar-refractivity contribution in [3.63, 3.8) is 0 Å². The molecule has 0 unspecified atom stereocenters. The van der Waals surface area contributed by atoms with E-state index < -0.39 is 11.7 Å². The highest BCUT2D eigenvalue weighted by atomic mass is 127. The van der Waals surface area contributed by atoms with Gasteiger partial charge in [0.25, 0.3) is 0 Å². The summed E-state index contributed by atoms with van der Waals surface area (Å²) in [5.74, 6) is 0.567. The highest BCUT2D eigenvalue weighted by molar-refractivity contribution is 14.1. The Morgan fingerprint density at radius 3 is 2.55 bits per heavy atom. The molecule has 2 nitrogen and oxygen atoms in total. The third kappa shape index (κ3) is 2.52. The summed E-state index contributed by atoms with van der Waals surface area (Å²) in [5.41, 5.74) is 1.07. The van der Waals surface area contributed by atoms with Crippen LogP contribution in [-0.2, 0) is 6.18 Å². The molecule has 1 heterocycles. The van der Waals surface area contributed by atoms with Gasteiger partial charge in [0, 0.05) is 9.13 Å². The van der Waals surface area contributed by atoms with Crippen LogP contribution < -0.4 is 0 Å². The monoisotopic (exact) mass is 388 g/mol. The molecule has 102 valence electrons. The Bertz CT molecular complexity index is 777. The number of rotatable bonds is 1. The van der Waals surface area contributed by atoms with E-state index in [0.29, 0.717) is 16.9 Å². The van der Waals surface area contributed by atoms with E-state index in [2.05, 4.69) is 32.6 Å². The highest BCUT2D eigenvalue weighted by Crippen LogP contribution is 2.31. The lowest BCUT2D eigenvalue weighted by Crippen LogP contribution is -2.04. The molecule has 1 N–H and O–H groups in total. The maximum Gasteiger partial charge on any atom is 0.416 e. The zero-order valence-electron chi connectivity index (χ0n) is 10.0. The van der Waals surface area contributed by atoms with Gasteiger partial charge < -0.3 is 4.98 Å². The van der Waals surface area contributed by atoms with Crippen LogP contribution in [0.4, 0.5) is 13.2 Å². The van der Waals surface area contributed by atoms with Crippen LogP contribution in [-0.4, -0.2) is 9.97 Å². The van der Waals surface area contributed by atoms with Crippen LogP contribution in [0, 0.1) is 3.57 Å². The van der Waals surface area contributed by atoms with Crippen molar-refractivity contribution in [3.8, 4) is 11.4 Å². The first-order chi connectivity index (χ1) is 9.43. The molecular formula is C14H8F3IN2. The molecule has 0 spiro atoms. The van der Waals surface area contributed by atoms with Crippen molar-refractivity contribution in [2.24, 2.45) is 0 Å². The second kappa shape index (κ2) is 4.76. The van der Waals surface area contributed by atoms with E-state index in [1.807, 2.05) is 24.3 Å². The number of halogens is 4. The first-order valence-corrected chi connectivity index (χ1v) is 6.84. The zero-order chi connectivity index (χ0) is 14.3. The Morgan fingerprint density at radius 2 is 1.85 bits per heavy atom. The van der Waals surface area contributed by atoms with Crippen LogP contribution in [0.2, 0.25) is 0 Å². The number of aromatic nitrogens is 2. The standard InChI is InChI=1S/C14H8F3IN2/c15-14(16,17)9-4-5-11-12(7-9)20-13(19-11)8-2-1-3-10(18)6-8/h1-7H,(H,19,20). The number of benzene rings is 2. The molecule has 2 aromatic carbocycles. The molecule has 0 fully saturated rings. The molecular weight excluding hydrogens is 380 g/mol. The fraction of sp³-hybridized carbons (Fsp3) is 0.0714. The minimum absolute atomic E-state index is 0.383. The van der Waals surface area contributed by atoms with E-state index in [1.54, 1.807) is 0 Å². The maximum absolute atomic E-state index is 12.7. The molecule has 0 aliphatic rings. The molecule has 0 bridgehead atoms.